The summed E-state index contributed by atoms with van der Waals surface area (Å²) >= 11 is 9.74. The van der Waals surface area contributed by atoms with Gasteiger partial charge in [-0.2, -0.15) is 4.90 Å². The van der Waals surface area contributed by atoms with E-state index in [9.17, 15) is 9.59 Å². The van der Waals surface area contributed by atoms with Crippen LogP contribution in [0.4, 0.5) is 19.8 Å². The molecule has 2 aliphatic rings. The summed E-state index contributed by atoms with van der Waals surface area (Å²) in [5, 5.41) is 1.31. The number of imide groups is 1. The number of anilines is 1. The number of amides is 2. The SMILES string of the molecule is CC(Cc1cc(F)c2cc(Br)c(N(C(=O)OC(C)(C)C)C(=O)OC(C)(C)C)nc2c1)C1=C[C@@H](n2ccc3c(Cl)ncnc32)[C@@H]2OC(C)(C)O[C@H]12. The summed E-state index contributed by atoms with van der Waals surface area (Å²) in [5.41, 5.74) is 0.774. The van der Waals surface area contributed by atoms with Gasteiger partial charge in [-0.1, -0.05) is 24.6 Å². The van der Waals surface area contributed by atoms with Crippen molar-refractivity contribution in [3.8, 4) is 0 Å². The second kappa shape index (κ2) is 12.8. The van der Waals surface area contributed by atoms with Gasteiger partial charge >= 0.3 is 12.2 Å². The fraction of sp³-hybridized carbons (Fsp3) is 0.472. The van der Waals surface area contributed by atoms with Crippen LogP contribution in [0.5, 0.6) is 0 Å². The first-order chi connectivity index (χ1) is 23.2. The van der Waals surface area contributed by atoms with E-state index in [1.54, 1.807) is 47.6 Å². The Morgan fingerprint density at radius 3 is 2.36 bits per heavy atom. The van der Waals surface area contributed by atoms with Gasteiger partial charge in [-0.25, -0.2) is 28.9 Å². The fourth-order valence-corrected chi connectivity index (χ4v) is 7.09. The minimum Gasteiger partial charge on any atom is -0.443 e. The molecule has 4 aromatic rings. The van der Waals surface area contributed by atoms with Crippen molar-refractivity contribution < 1.29 is 32.9 Å². The van der Waals surface area contributed by atoms with E-state index in [-0.39, 0.29) is 45.4 Å². The molecule has 0 radical (unpaired) electrons. The minimum atomic E-state index is -0.979. The highest BCUT2D eigenvalue weighted by atomic mass is 79.9. The molecular formula is C36H40BrClFN5O6. The maximum atomic E-state index is 15.8. The summed E-state index contributed by atoms with van der Waals surface area (Å²) in [6.07, 6.45) is 3.30. The largest absolute Gasteiger partial charge is 0.443 e. The number of aromatic nitrogens is 4. The number of hydrogen-bond donors (Lipinski definition) is 0. The lowest BCUT2D eigenvalue weighted by atomic mass is 9.91. The third-order valence-electron chi connectivity index (χ3n) is 8.29. The lowest BCUT2D eigenvalue weighted by Crippen LogP contribution is -2.44. The number of nitrogens with zero attached hydrogens (tertiary/aromatic N) is 5. The van der Waals surface area contributed by atoms with Gasteiger partial charge in [-0.3, -0.25) is 0 Å². The topological polar surface area (TPSA) is 118 Å². The summed E-state index contributed by atoms with van der Waals surface area (Å²) in [7, 11) is 0. The fourth-order valence-electron chi connectivity index (χ4n) is 6.41. The number of rotatable bonds is 5. The van der Waals surface area contributed by atoms with Crippen LogP contribution in [0.2, 0.25) is 5.15 Å². The van der Waals surface area contributed by atoms with Crippen LogP contribution in [-0.4, -0.2) is 60.9 Å². The number of pyridine rings is 1. The van der Waals surface area contributed by atoms with E-state index in [0.717, 1.165) is 15.9 Å². The predicted molar refractivity (Wildman–Crippen MR) is 191 cm³/mol. The summed E-state index contributed by atoms with van der Waals surface area (Å²) in [6, 6.07) is 6.37. The van der Waals surface area contributed by atoms with Gasteiger partial charge in [0, 0.05) is 11.6 Å². The van der Waals surface area contributed by atoms with Gasteiger partial charge in [0.2, 0.25) is 0 Å². The maximum absolute atomic E-state index is 15.8. The molecule has 0 spiro atoms. The summed E-state index contributed by atoms with van der Waals surface area (Å²) in [4.78, 5) is 40.6. The molecule has 14 heteroatoms. The molecule has 0 saturated carbocycles. The van der Waals surface area contributed by atoms with Crippen molar-refractivity contribution in [2.24, 2.45) is 5.92 Å². The standard InChI is InChI=1S/C36H40BrClFN5O6/c1-18(21-16-26(28-27(21)47-36(8,9)48-28)43-11-10-20-29(38)40-17-41-30(20)43)12-19-13-24(39)22-15-23(37)31(42-25(22)14-19)44(32(45)49-34(2,3)4)33(46)50-35(5,6)7/h10-11,13-18,26-28H,12H2,1-9H3/t18?,26-,27-,28+/m1/s1. The van der Waals surface area contributed by atoms with E-state index in [0.29, 0.717) is 22.8 Å². The third-order valence-corrected chi connectivity index (χ3v) is 9.18. The van der Waals surface area contributed by atoms with Gasteiger partial charge < -0.3 is 23.5 Å². The number of carbonyl (C=O) groups excluding carboxylic acids is 2. The van der Waals surface area contributed by atoms with Crippen molar-refractivity contribution in [1.29, 1.82) is 0 Å². The molecule has 3 aromatic heterocycles. The molecule has 11 nitrogen and oxygen atoms in total. The monoisotopic (exact) mass is 771 g/mol. The van der Waals surface area contributed by atoms with Crippen LogP contribution in [0.1, 0.15) is 73.9 Å². The van der Waals surface area contributed by atoms with Gasteiger partial charge in [0.05, 0.1) is 21.4 Å². The highest BCUT2D eigenvalue weighted by Crippen LogP contribution is 2.47. The van der Waals surface area contributed by atoms with Gasteiger partial charge in [0.25, 0.3) is 0 Å². The molecule has 1 unspecified atom stereocenters. The van der Waals surface area contributed by atoms with Crippen LogP contribution in [0.15, 0.2) is 52.9 Å². The summed E-state index contributed by atoms with van der Waals surface area (Å²) in [5.74, 6) is -1.51. The van der Waals surface area contributed by atoms with Gasteiger partial charge in [0.1, 0.15) is 46.4 Å². The number of hydrogen-bond acceptors (Lipinski definition) is 9. The molecule has 50 heavy (non-hydrogen) atoms. The maximum Gasteiger partial charge on any atom is 0.425 e. The number of carbonyl (C=O) groups is 2. The lowest BCUT2D eigenvalue weighted by Gasteiger charge is -2.28. The Labute approximate surface area is 303 Å². The van der Waals surface area contributed by atoms with Crippen LogP contribution in [0, 0.1) is 11.7 Å². The van der Waals surface area contributed by atoms with Crippen LogP contribution in [-0.2, 0) is 25.4 Å². The first-order valence-electron chi connectivity index (χ1n) is 16.3. The summed E-state index contributed by atoms with van der Waals surface area (Å²) < 4.78 is 41.9. The van der Waals surface area contributed by atoms with Crippen LogP contribution >= 0.6 is 27.5 Å². The van der Waals surface area contributed by atoms with Crippen molar-refractivity contribution in [2.75, 3.05) is 4.90 Å². The molecule has 6 rings (SSSR count). The van der Waals surface area contributed by atoms with E-state index in [2.05, 4.69) is 43.9 Å². The van der Waals surface area contributed by atoms with Crippen LogP contribution < -0.4 is 4.90 Å². The Morgan fingerprint density at radius 2 is 1.72 bits per heavy atom. The number of ether oxygens (including phenoxy) is 4. The molecule has 1 aliphatic carbocycles. The molecular weight excluding hydrogens is 733 g/mol. The highest BCUT2D eigenvalue weighted by Gasteiger charge is 2.51. The molecule has 4 heterocycles. The molecule has 1 saturated heterocycles. The number of fused-ring (bicyclic) bond motifs is 3. The lowest BCUT2D eigenvalue weighted by molar-refractivity contribution is -0.148. The van der Waals surface area contributed by atoms with Crippen LogP contribution in [0.3, 0.4) is 0 Å². The van der Waals surface area contributed by atoms with E-state index >= 15 is 4.39 Å². The molecule has 1 fully saturated rings. The smallest absolute Gasteiger partial charge is 0.425 e. The van der Waals surface area contributed by atoms with E-state index in [1.807, 2.05) is 30.7 Å². The Bertz CT molecular complexity index is 2010. The molecule has 1 aliphatic heterocycles. The van der Waals surface area contributed by atoms with Gasteiger partial charge in [-0.15, -0.1) is 0 Å². The molecule has 2 amide bonds. The molecule has 4 atom stereocenters. The molecule has 1 aromatic carbocycles. The molecule has 266 valence electrons. The van der Waals surface area contributed by atoms with Gasteiger partial charge in [0.15, 0.2) is 11.6 Å². The second-order valence-corrected chi connectivity index (χ2v) is 16.4. The highest BCUT2D eigenvalue weighted by molar-refractivity contribution is 9.10. The Kier molecular flexibility index (Phi) is 9.28. The zero-order valence-corrected chi connectivity index (χ0v) is 31.7. The van der Waals surface area contributed by atoms with Crippen LogP contribution in [0.25, 0.3) is 21.9 Å². The van der Waals surface area contributed by atoms with E-state index in [1.165, 1.54) is 18.5 Å². The normalized spacial score (nSPS) is 20.9. The van der Waals surface area contributed by atoms with Crippen molar-refractivity contribution >= 4 is 67.5 Å². The van der Waals surface area contributed by atoms with E-state index < -0.39 is 35.0 Å². The first kappa shape index (κ1) is 36.2. The molecule has 0 N–H and O–H groups in total. The average molecular weight is 773 g/mol. The molecule has 0 bridgehead atoms. The summed E-state index contributed by atoms with van der Waals surface area (Å²) in [6.45, 7) is 15.9. The van der Waals surface area contributed by atoms with Crippen molar-refractivity contribution in [3.05, 3.63) is 69.4 Å². The van der Waals surface area contributed by atoms with Crippen molar-refractivity contribution in [1.82, 2.24) is 19.5 Å². The zero-order valence-electron chi connectivity index (χ0n) is 29.4. The number of halogens is 3. The van der Waals surface area contributed by atoms with Gasteiger partial charge in [-0.05, 0) is 119 Å². The number of benzene rings is 1. The first-order valence-corrected chi connectivity index (χ1v) is 17.5. The quantitative estimate of drug-likeness (QED) is 0.145. The predicted octanol–water partition coefficient (Wildman–Crippen LogP) is 9.09. The third kappa shape index (κ3) is 7.23. The van der Waals surface area contributed by atoms with Crippen molar-refractivity contribution in [2.45, 2.75) is 104 Å². The Morgan fingerprint density at radius 1 is 1.06 bits per heavy atom. The average Bonchev–Trinajstić information content (AvgIpc) is 3.63. The Balaban J connectivity index is 1.35. The van der Waals surface area contributed by atoms with Crippen molar-refractivity contribution in [3.63, 3.8) is 0 Å². The Hall–Kier alpha value is -3.65. The van der Waals surface area contributed by atoms with E-state index in [4.69, 9.17) is 30.5 Å². The second-order valence-electron chi connectivity index (χ2n) is 15.1. The zero-order chi connectivity index (χ0) is 36.5. The minimum absolute atomic E-state index is 0.0867.